The van der Waals surface area contributed by atoms with E-state index in [1.54, 1.807) is 45.2 Å². The van der Waals surface area contributed by atoms with Gasteiger partial charge in [-0.15, -0.1) is 0 Å². The van der Waals surface area contributed by atoms with E-state index in [-0.39, 0.29) is 12.3 Å². The highest BCUT2D eigenvalue weighted by molar-refractivity contribution is 5.89. The summed E-state index contributed by atoms with van der Waals surface area (Å²) in [6.07, 6.45) is -0.125. The minimum absolute atomic E-state index is 0.108. The third-order valence-electron chi connectivity index (χ3n) is 3.70. The smallest absolute Gasteiger partial charge is 0.314 e. The molecule has 1 rings (SSSR count). The van der Waals surface area contributed by atoms with Crippen LogP contribution in [-0.4, -0.2) is 46.7 Å². The highest BCUT2D eigenvalue weighted by Gasteiger charge is 2.38. The molecule has 0 spiro atoms. The van der Waals surface area contributed by atoms with Gasteiger partial charge in [0.25, 0.3) is 0 Å². The zero-order chi connectivity index (χ0) is 16.0. The highest BCUT2D eigenvalue weighted by atomic mass is 16.4. The molecular weight excluding hydrogens is 270 g/mol. The molecule has 116 valence electrons. The van der Waals surface area contributed by atoms with Crippen molar-refractivity contribution in [3.05, 3.63) is 35.9 Å². The normalized spacial score (nSPS) is 15.0. The zero-order valence-electron chi connectivity index (χ0n) is 12.7. The van der Waals surface area contributed by atoms with Crippen LogP contribution in [0.5, 0.6) is 0 Å². The van der Waals surface area contributed by atoms with Gasteiger partial charge in [-0.2, -0.15) is 0 Å². The van der Waals surface area contributed by atoms with Gasteiger partial charge in [0, 0.05) is 20.0 Å². The molecule has 0 aliphatic carbocycles. The van der Waals surface area contributed by atoms with Crippen molar-refractivity contribution in [3.63, 3.8) is 0 Å². The average Bonchev–Trinajstić information content (AvgIpc) is 2.45. The van der Waals surface area contributed by atoms with Gasteiger partial charge < -0.3 is 15.1 Å². The molecule has 0 heterocycles. The van der Waals surface area contributed by atoms with E-state index in [2.05, 4.69) is 0 Å². The first kappa shape index (κ1) is 17.2. The molecule has 1 aromatic rings. The fraction of sp³-hybridized carbons (Fsp3) is 0.500. The fourth-order valence-corrected chi connectivity index (χ4v) is 2.05. The molecule has 0 bridgehead atoms. The summed E-state index contributed by atoms with van der Waals surface area (Å²) >= 11 is 0. The summed E-state index contributed by atoms with van der Waals surface area (Å²) in [4.78, 5) is 25.3. The summed E-state index contributed by atoms with van der Waals surface area (Å²) in [6.45, 7) is 3.62. The highest BCUT2D eigenvalue weighted by Crippen LogP contribution is 2.28. The van der Waals surface area contributed by atoms with Crippen LogP contribution < -0.4 is 0 Å². The Kier molecular flexibility index (Phi) is 5.90. The Hall–Kier alpha value is -1.88. The minimum atomic E-state index is -1.25. The van der Waals surface area contributed by atoms with Gasteiger partial charge in [-0.1, -0.05) is 30.3 Å². The molecule has 0 radical (unpaired) electrons. The molecule has 1 amide bonds. The van der Waals surface area contributed by atoms with Crippen molar-refractivity contribution in [2.24, 2.45) is 0 Å². The summed E-state index contributed by atoms with van der Waals surface area (Å²) < 4.78 is 0. The van der Waals surface area contributed by atoms with E-state index in [1.165, 1.54) is 4.90 Å². The lowest BCUT2D eigenvalue weighted by Gasteiger charge is -2.27. The van der Waals surface area contributed by atoms with Crippen LogP contribution in [0.15, 0.2) is 30.3 Å². The van der Waals surface area contributed by atoms with E-state index < -0.39 is 17.5 Å². The molecule has 0 aliphatic rings. The Balaban J connectivity index is 2.84. The molecule has 0 aliphatic heterocycles. The molecule has 2 N–H and O–H groups in total. The topological polar surface area (TPSA) is 77.8 Å². The molecular formula is C16H23NO4. The van der Waals surface area contributed by atoms with Crippen molar-refractivity contribution in [1.82, 2.24) is 4.90 Å². The van der Waals surface area contributed by atoms with Crippen molar-refractivity contribution in [1.29, 1.82) is 0 Å². The van der Waals surface area contributed by atoms with Crippen LogP contribution in [0.4, 0.5) is 0 Å². The van der Waals surface area contributed by atoms with E-state index in [0.29, 0.717) is 18.5 Å². The van der Waals surface area contributed by atoms with Gasteiger partial charge in [0.15, 0.2) is 0 Å². The quantitative estimate of drug-likeness (QED) is 0.801. The maximum atomic E-state index is 12.2. The van der Waals surface area contributed by atoms with Crippen molar-refractivity contribution in [2.45, 2.75) is 38.2 Å². The number of aliphatic carboxylic acids is 1. The second-order valence-corrected chi connectivity index (χ2v) is 5.63. The van der Waals surface area contributed by atoms with E-state index >= 15 is 0 Å². The fourth-order valence-electron chi connectivity index (χ4n) is 2.05. The molecule has 1 aromatic carbocycles. The molecule has 21 heavy (non-hydrogen) atoms. The number of hydrogen-bond acceptors (Lipinski definition) is 3. The monoisotopic (exact) mass is 293 g/mol. The lowest BCUT2D eigenvalue weighted by atomic mass is 9.79. The third kappa shape index (κ3) is 4.56. The lowest BCUT2D eigenvalue weighted by molar-refractivity contribution is -0.147. The van der Waals surface area contributed by atoms with E-state index in [4.69, 9.17) is 0 Å². The molecule has 0 aromatic heterocycles. The van der Waals surface area contributed by atoms with Crippen molar-refractivity contribution in [3.8, 4) is 0 Å². The summed E-state index contributed by atoms with van der Waals surface area (Å²) in [6, 6.07) is 8.77. The Bertz CT molecular complexity index is 486. The molecule has 0 fully saturated rings. The number of aliphatic hydroxyl groups is 1. The second kappa shape index (κ2) is 7.22. The van der Waals surface area contributed by atoms with Gasteiger partial charge in [-0.3, -0.25) is 9.59 Å². The predicted octanol–water partition coefficient (Wildman–Crippen LogP) is 1.65. The predicted molar refractivity (Wildman–Crippen MR) is 80.0 cm³/mol. The Morgan fingerprint density at radius 2 is 1.86 bits per heavy atom. The zero-order valence-corrected chi connectivity index (χ0v) is 12.7. The third-order valence-corrected chi connectivity index (χ3v) is 3.70. The van der Waals surface area contributed by atoms with Crippen LogP contribution in [-0.2, 0) is 15.0 Å². The molecule has 0 saturated heterocycles. The SMILES string of the molecule is CC(O)CCN(C)C(=O)CC(C)(C(=O)O)c1ccccc1. The number of nitrogens with zero attached hydrogens (tertiary/aromatic N) is 1. The number of carboxylic acids is 1. The number of amides is 1. The first-order chi connectivity index (χ1) is 9.77. The van der Waals surface area contributed by atoms with Crippen LogP contribution in [0.2, 0.25) is 0 Å². The Labute approximate surface area is 125 Å². The van der Waals surface area contributed by atoms with Crippen molar-refractivity contribution in [2.75, 3.05) is 13.6 Å². The number of carboxylic acid groups (broad SMARTS) is 1. The first-order valence-electron chi connectivity index (χ1n) is 6.98. The minimum Gasteiger partial charge on any atom is -0.481 e. The number of carbonyl (C=O) groups excluding carboxylic acids is 1. The van der Waals surface area contributed by atoms with Crippen LogP contribution in [0, 0.1) is 0 Å². The van der Waals surface area contributed by atoms with Crippen LogP contribution in [0.3, 0.4) is 0 Å². The van der Waals surface area contributed by atoms with Crippen LogP contribution in [0.25, 0.3) is 0 Å². The van der Waals surface area contributed by atoms with Gasteiger partial charge in [-0.25, -0.2) is 0 Å². The van der Waals surface area contributed by atoms with Gasteiger partial charge >= 0.3 is 5.97 Å². The molecule has 0 saturated carbocycles. The van der Waals surface area contributed by atoms with Crippen molar-refractivity contribution >= 4 is 11.9 Å². The average molecular weight is 293 g/mol. The molecule has 5 nitrogen and oxygen atoms in total. The molecule has 2 unspecified atom stereocenters. The van der Waals surface area contributed by atoms with Gasteiger partial charge in [0.1, 0.15) is 0 Å². The number of carbonyl (C=O) groups is 2. The summed E-state index contributed by atoms with van der Waals surface area (Å²) in [5, 5.41) is 18.8. The van der Waals surface area contributed by atoms with Crippen molar-refractivity contribution < 1.29 is 19.8 Å². The number of rotatable bonds is 7. The lowest BCUT2D eigenvalue weighted by Crippen LogP contribution is -2.40. The summed E-state index contributed by atoms with van der Waals surface area (Å²) in [5.74, 6) is -1.27. The van der Waals surface area contributed by atoms with Gasteiger partial charge in [-0.05, 0) is 25.8 Å². The van der Waals surface area contributed by atoms with E-state index in [0.717, 1.165) is 0 Å². The number of aliphatic hydroxyl groups excluding tert-OH is 1. The largest absolute Gasteiger partial charge is 0.481 e. The maximum absolute atomic E-state index is 12.2. The van der Waals surface area contributed by atoms with Crippen LogP contribution >= 0.6 is 0 Å². The van der Waals surface area contributed by atoms with Crippen LogP contribution in [0.1, 0.15) is 32.3 Å². The standard InChI is InChI=1S/C16H23NO4/c1-12(18)9-10-17(3)14(19)11-16(2,15(20)21)13-7-5-4-6-8-13/h4-8,12,18H,9-11H2,1-3H3,(H,20,21). The molecule has 2 atom stereocenters. The number of hydrogen-bond donors (Lipinski definition) is 2. The Morgan fingerprint density at radius 3 is 2.33 bits per heavy atom. The maximum Gasteiger partial charge on any atom is 0.314 e. The molecule has 5 heteroatoms. The van der Waals surface area contributed by atoms with Gasteiger partial charge in [0.05, 0.1) is 11.5 Å². The Morgan fingerprint density at radius 1 is 1.29 bits per heavy atom. The van der Waals surface area contributed by atoms with E-state index in [9.17, 15) is 19.8 Å². The second-order valence-electron chi connectivity index (χ2n) is 5.63. The first-order valence-corrected chi connectivity index (χ1v) is 6.98. The van der Waals surface area contributed by atoms with E-state index in [1.807, 2.05) is 6.07 Å². The number of benzene rings is 1. The summed E-state index contributed by atoms with van der Waals surface area (Å²) in [7, 11) is 1.62. The van der Waals surface area contributed by atoms with Gasteiger partial charge in [0.2, 0.25) is 5.91 Å². The summed E-state index contributed by atoms with van der Waals surface area (Å²) in [5.41, 5.74) is -0.646.